The summed E-state index contributed by atoms with van der Waals surface area (Å²) in [7, 11) is -4.36. The predicted molar refractivity (Wildman–Crippen MR) is 87.9 cm³/mol. The van der Waals surface area contributed by atoms with Crippen LogP contribution in [-0.2, 0) is 15.8 Å². The van der Waals surface area contributed by atoms with E-state index in [1.807, 2.05) is 32.6 Å². The molecule has 1 atom stereocenters. The molecular formula is C13H25N4O6P. The van der Waals surface area contributed by atoms with Crippen molar-refractivity contribution in [1.82, 2.24) is 14.8 Å². The van der Waals surface area contributed by atoms with E-state index >= 15 is 0 Å². The van der Waals surface area contributed by atoms with E-state index < -0.39 is 32.3 Å². The van der Waals surface area contributed by atoms with Gasteiger partial charge in [0.2, 0.25) is 0 Å². The van der Waals surface area contributed by atoms with Crippen LogP contribution in [0.3, 0.4) is 0 Å². The number of aliphatic hydroxyl groups is 1. The second kappa shape index (κ2) is 8.68. The monoisotopic (exact) mass is 364 g/mol. The van der Waals surface area contributed by atoms with Gasteiger partial charge >= 0.3 is 13.3 Å². The van der Waals surface area contributed by atoms with Crippen molar-refractivity contribution in [2.75, 3.05) is 17.9 Å². The Hall–Kier alpha value is -1.32. The van der Waals surface area contributed by atoms with Gasteiger partial charge in [-0.25, -0.2) is 9.48 Å². The molecule has 1 aromatic heterocycles. The van der Waals surface area contributed by atoms with Gasteiger partial charge in [0, 0.05) is 12.1 Å². The van der Waals surface area contributed by atoms with E-state index in [1.54, 1.807) is 0 Å². The van der Waals surface area contributed by atoms with Gasteiger partial charge in [-0.05, 0) is 27.7 Å². The molecule has 0 amide bonds. The molecule has 10 nitrogen and oxygen atoms in total. The van der Waals surface area contributed by atoms with Crippen LogP contribution in [0.1, 0.15) is 27.7 Å². The van der Waals surface area contributed by atoms with Crippen molar-refractivity contribution in [2.24, 2.45) is 0 Å². The molecule has 0 saturated heterocycles. The van der Waals surface area contributed by atoms with Crippen molar-refractivity contribution in [2.45, 2.75) is 52.4 Å². The summed E-state index contributed by atoms with van der Waals surface area (Å²) in [4.78, 5) is 35.6. The van der Waals surface area contributed by atoms with Crippen molar-refractivity contribution in [1.29, 1.82) is 0 Å². The maximum Gasteiger partial charge on any atom is 0.366 e. The summed E-state index contributed by atoms with van der Waals surface area (Å²) >= 11 is 0. The number of anilines is 1. The lowest BCUT2D eigenvalue weighted by atomic mass is 10.2. The molecule has 24 heavy (non-hydrogen) atoms. The molecular weight excluding hydrogens is 339 g/mol. The van der Waals surface area contributed by atoms with Crippen molar-refractivity contribution in [3.63, 3.8) is 0 Å². The largest absolute Gasteiger partial charge is 0.394 e. The molecule has 0 spiro atoms. The van der Waals surface area contributed by atoms with Crippen LogP contribution in [0.25, 0.3) is 0 Å². The highest BCUT2D eigenvalue weighted by molar-refractivity contribution is 7.51. The maximum atomic E-state index is 12.1. The van der Waals surface area contributed by atoms with Crippen LogP contribution in [0.5, 0.6) is 0 Å². The Labute approximate surface area is 140 Å². The Bertz CT molecular complexity index is 621. The number of hydrogen-bond donors (Lipinski definition) is 3. The zero-order valence-corrected chi connectivity index (χ0v) is 15.1. The number of aliphatic hydroxyl groups excluding tert-OH is 1. The summed E-state index contributed by atoms with van der Waals surface area (Å²) in [5.41, 5.74) is -0.628. The number of rotatable bonds is 9. The van der Waals surface area contributed by atoms with Gasteiger partial charge in [-0.1, -0.05) is 0 Å². The number of aromatic nitrogens is 3. The van der Waals surface area contributed by atoms with Gasteiger partial charge in [0.05, 0.1) is 19.3 Å². The summed E-state index contributed by atoms with van der Waals surface area (Å²) in [5.74, 6) is 0.443. The van der Waals surface area contributed by atoms with Crippen LogP contribution in [0.4, 0.5) is 5.82 Å². The highest BCUT2D eigenvalue weighted by atomic mass is 31.2. The van der Waals surface area contributed by atoms with E-state index in [0.29, 0.717) is 5.82 Å². The van der Waals surface area contributed by atoms with Crippen LogP contribution < -0.4 is 10.6 Å². The molecule has 138 valence electrons. The molecule has 0 aliphatic heterocycles. The van der Waals surface area contributed by atoms with Crippen molar-refractivity contribution >= 4 is 13.4 Å². The topological polar surface area (TPSA) is 138 Å². The second-order valence-electron chi connectivity index (χ2n) is 5.94. The lowest BCUT2D eigenvalue weighted by Crippen LogP contribution is -2.41. The number of nitrogens with zero attached hydrogens (tertiary/aromatic N) is 4. The van der Waals surface area contributed by atoms with Crippen LogP contribution in [-0.4, -0.2) is 60.8 Å². The third-order valence-corrected chi connectivity index (χ3v) is 3.66. The smallest absolute Gasteiger partial charge is 0.366 e. The van der Waals surface area contributed by atoms with E-state index in [1.165, 1.54) is 6.20 Å². The van der Waals surface area contributed by atoms with Crippen LogP contribution in [0, 0.1) is 0 Å². The quantitative estimate of drug-likeness (QED) is 0.507. The SMILES string of the molecule is CC(C)N(c1cnn(C[C@@H](CO)OCP(=O)(O)O)c(=O)n1)C(C)C. The Morgan fingerprint density at radius 2 is 1.88 bits per heavy atom. The van der Waals surface area contributed by atoms with E-state index in [-0.39, 0.29) is 18.6 Å². The molecule has 0 unspecified atom stereocenters. The Morgan fingerprint density at radius 1 is 1.29 bits per heavy atom. The third kappa shape index (κ3) is 6.29. The van der Waals surface area contributed by atoms with E-state index in [9.17, 15) is 14.5 Å². The minimum absolute atomic E-state index is 0.131. The van der Waals surface area contributed by atoms with Gasteiger partial charge in [-0.3, -0.25) is 4.57 Å². The molecule has 1 heterocycles. The molecule has 1 aromatic rings. The molecule has 0 radical (unpaired) electrons. The minimum atomic E-state index is -4.36. The molecule has 0 aromatic carbocycles. The highest BCUT2D eigenvalue weighted by Crippen LogP contribution is 2.34. The van der Waals surface area contributed by atoms with Crippen molar-refractivity contribution in [3.05, 3.63) is 16.7 Å². The first kappa shape index (κ1) is 20.7. The number of ether oxygens (including phenoxy) is 1. The first-order valence-corrected chi connectivity index (χ1v) is 9.34. The highest BCUT2D eigenvalue weighted by Gasteiger charge is 2.20. The molecule has 0 aliphatic carbocycles. The fraction of sp³-hybridized carbons (Fsp3) is 0.769. The standard InChI is InChI=1S/C13H25N4O6P/c1-9(2)17(10(3)4)12-5-14-16(13(19)15-12)6-11(7-18)23-8-24(20,21)22/h5,9-11,18H,6-8H2,1-4H3,(H2,20,21,22)/t11-/m0/s1. The lowest BCUT2D eigenvalue weighted by molar-refractivity contribution is 0.0163. The van der Waals surface area contributed by atoms with Gasteiger partial charge in [0.15, 0.2) is 5.82 Å². The fourth-order valence-corrected chi connectivity index (χ4v) is 2.69. The van der Waals surface area contributed by atoms with Crippen LogP contribution in [0.15, 0.2) is 11.0 Å². The van der Waals surface area contributed by atoms with Crippen LogP contribution in [0.2, 0.25) is 0 Å². The zero-order chi connectivity index (χ0) is 18.5. The molecule has 0 aliphatic rings. The molecule has 0 saturated carbocycles. The molecule has 0 bridgehead atoms. The van der Waals surface area contributed by atoms with Crippen molar-refractivity contribution < 1.29 is 24.2 Å². The maximum absolute atomic E-state index is 12.1. The molecule has 11 heteroatoms. The minimum Gasteiger partial charge on any atom is -0.394 e. The fourth-order valence-electron chi connectivity index (χ4n) is 2.29. The van der Waals surface area contributed by atoms with E-state index in [0.717, 1.165) is 4.68 Å². The Morgan fingerprint density at radius 3 is 2.29 bits per heavy atom. The normalized spacial score (nSPS) is 13.5. The Kier molecular flexibility index (Phi) is 7.50. The molecule has 3 N–H and O–H groups in total. The Balaban J connectivity index is 2.91. The summed E-state index contributed by atoms with van der Waals surface area (Å²) < 4.78 is 16.7. The van der Waals surface area contributed by atoms with E-state index in [2.05, 4.69) is 10.1 Å². The first-order chi connectivity index (χ1) is 11.0. The van der Waals surface area contributed by atoms with Gasteiger partial charge < -0.3 is 24.5 Å². The predicted octanol–water partition coefficient (Wildman–Crippen LogP) is -0.226. The molecule has 1 rings (SSSR count). The number of hydrogen-bond acceptors (Lipinski definition) is 7. The summed E-state index contributed by atoms with van der Waals surface area (Å²) in [5, 5.41) is 13.2. The van der Waals surface area contributed by atoms with Crippen molar-refractivity contribution in [3.8, 4) is 0 Å². The summed E-state index contributed by atoms with van der Waals surface area (Å²) in [6, 6.07) is 0.262. The third-order valence-electron chi connectivity index (χ3n) is 3.18. The summed E-state index contributed by atoms with van der Waals surface area (Å²) in [6.45, 7) is 7.23. The van der Waals surface area contributed by atoms with Gasteiger partial charge in [-0.15, -0.1) is 0 Å². The first-order valence-electron chi connectivity index (χ1n) is 7.54. The second-order valence-corrected chi connectivity index (χ2v) is 7.53. The van der Waals surface area contributed by atoms with Gasteiger partial charge in [-0.2, -0.15) is 10.1 Å². The summed E-state index contributed by atoms with van der Waals surface area (Å²) in [6.07, 6.45) is -0.368. The van der Waals surface area contributed by atoms with E-state index in [4.69, 9.17) is 14.5 Å². The average molecular weight is 364 g/mol. The van der Waals surface area contributed by atoms with Crippen LogP contribution >= 0.6 is 7.60 Å². The lowest BCUT2D eigenvalue weighted by Gasteiger charge is -2.31. The van der Waals surface area contributed by atoms with Gasteiger partial charge in [0.1, 0.15) is 12.5 Å². The average Bonchev–Trinajstić information content (AvgIpc) is 2.43. The zero-order valence-electron chi connectivity index (χ0n) is 14.2. The van der Waals surface area contributed by atoms with Gasteiger partial charge in [0.25, 0.3) is 0 Å². The molecule has 0 fully saturated rings.